The smallest absolute Gasteiger partial charge is 0.471 e. The topological polar surface area (TPSA) is 38.3 Å². The van der Waals surface area contributed by atoms with Crippen molar-refractivity contribution in [1.29, 1.82) is 0 Å². The second-order valence-electron chi connectivity index (χ2n) is 4.20. The number of alkyl halides is 3. The number of benzene rings is 2. The Balaban J connectivity index is 2.27. The molecular formula is C15H12F3NO2S. The lowest BCUT2D eigenvalue weighted by Crippen LogP contribution is -2.30. The maximum absolute atomic E-state index is 12.4. The van der Waals surface area contributed by atoms with Gasteiger partial charge in [0.15, 0.2) is 0 Å². The van der Waals surface area contributed by atoms with Crippen LogP contribution in [0.15, 0.2) is 58.3 Å². The molecule has 116 valence electrons. The number of amides is 1. The minimum atomic E-state index is -4.93. The van der Waals surface area contributed by atoms with Crippen LogP contribution in [-0.4, -0.2) is 19.2 Å². The van der Waals surface area contributed by atoms with E-state index in [-0.39, 0.29) is 5.69 Å². The highest BCUT2D eigenvalue weighted by Crippen LogP contribution is 2.38. The van der Waals surface area contributed by atoms with Gasteiger partial charge in [-0.15, -0.1) is 0 Å². The number of rotatable bonds is 4. The molecule has 1 amide bonds. The zero-order valence-electron chi connectivity index (χ0n) is 11.5. The Bertz CT molecular complexity index is 674. The molecule has 0 heterocycles. The van der Waals surface area contributed by atoms with Gasteiger partial charge in [-0.25, -0.2) is 0 Å². The van der Waals surface area contributed by atoms with Crippen molar-refractivity contribution in [2.24, 2.45) is 0 Å². The number of ether oxygens (including phenoxy) is 1. The summed E-state index contributed by atoms with van der Waals surface area (Å²) >= 11 is 1.21. The molecule has 3 nitrogen and oxygen atoms in total. The number of hydrogen-bond acceptors (Lipinski definition) is 3. The van der Waals surface area contributed by atoms with Crippen LogP contribution in [0.3, 0.4) is 0 Å². The van der Waals surface area contributed by atoms with E-state index >= 15 is 0 Å². The quantitative estimate of drug-likeness (QED) is 0.907. The van der Waals surface area contributed by atoms with Crippen LogP contribution in [0.25, 0.3) is 0 Å². The van der Waals surface area contributed by atoms with Crippen LogP contribution >= 0.6 is 11.8 Å². The molecule has 22 heavy (non-hydrogen) atoms. The predicted molar refractivity (Wildman–Crippen MR) is 78.2 cm³/mol. The fraction of sp³-hybridized carbons (Fsp3) is 0.133. The van der Waals surface area contributed by atoms with Gasteiger partial charge >= 0.3 is 12.1 Å². The molecule has 0 unspecified atom stereocenters. The molecule has 2 aromatic rings. The first-order valence-electron chi connectivity index (χ1n) is 6.20. The van der Waals surface area contributed by atoms with Gasteiger partial charge in [-0.2, -0.15) is 13.2 Å². The standard InChI is InChI=1S/C15H12F3NO2S/c1-21-11-7-3-5-9-13(11)22-12-8-4-2-6-10(12)19-14(20)15(16,17)18/h2-9H,1H3,(H,19,20). The van der Waals surface area contributed by atoms with Crippen LogP contribution < -0.4 is 10.1 Å². The lowest BCUT2D eigenvalue weighted by atomic mass is 10.3. The summed E-state index contributed by atoms with van der Waals surface area (Å²) in [5.74, 6) is -1.40. The van der Waals surface area contributed by atoms with Crippen LogP contribution in [-0.2, 0) is 4.79 Å². The molecule has 2 aromatic carbocycles. The molecule has 0 aromatic heterocycles. The molecule has 0 bridgehead atoms. The molecule has 0 aliphatic rings. The Morgan fingerprint density at radius 3 is 2.27 bits per heavy atom. The first-order chi connectivity index (χ1) is 10.4. The third kappa shape index (κ3) is 3.94. The third-order valence-electron chi connectivity index (χ3n) is 2.68. The van der Waals surface area contributed by atoms with Crippen LogP contribution in [0, 0.1) is 0 Å². The summed E-state index contributed by atoms with van der Waals surface area (Å²) in [6, 6.07) is 13.4. The van der Waals surface area contributed by atoms with Crippen LogP contribution in [0.1, 0.15) is 0 Å². The summed E-state index contributed by atoms with van der Waals surface area (Å²) < 4.78 is 42.3. The van der Waals surface area contributed by atoms with Gasteiger partial charge in [0.25, 0.3) is 0 Å². The zero-order chi connectivity index (χ0) is 16.2. The highest BCUT2D eigenvalue weighted by Gasteiger charge is 2.38. The second-order valence-corrected chi connectivity index (χ2v) is 5.28. The normalized spacial score (nSPS) is 11.1. The molecule has 2 rings (SSSR count). The fourth-order valence-corrected chi connectivity index (χ4v) is 2.68. The van der Waals surface area contributed by atoms with Crippen molar-refractivity contribution in [2.75, 3.05) is 12.4 Å². The second kappa shape index (κ2) is 6.74. The van der Waals surface area contributed by atoms with Crippen molar-refractivity contribution in [3.8, 4) is 5.75 Å². The van der Waals surface area contributed by atoms with E-state index in [1.807, 2.05) is 5.32 Å². The zero-order valence-corrected chi connectivity index (χ0v) is 12.3. The van der Waals surface area contributed by atoms with Gasteiger partial charge in [-0.05, 0) is 24.3 Å². The van der Waals surface area contributed by atoms with Gasteiger partial charge in [0.05, 0.1) is 17.7 Å². The number of methoxy groups -OCH3 is 1. The van der Waals surface area contributed by atoms with E-state index in [0.29, 0.717) is 10.6 Å². The maximum atomic E-state index is 12.4. The molecule has 0 radical (unpaired) electrons. The van der Waals surface area contributed by atoms with Crippen LogP contribution in [0.4, 0.5) is 18.9 Å². The number of anilines is 1. The van der Waals surface area contributed by atoms with Crippen LogP contribution in [0.2, 0.25) is 0 Å². The maximum Gasteiger partial charge on any atom is 0.471 e. The number of halogens is 3. The van der Waals surface area contributed by atoms with Gasteiger partial charge in [0.2, 0.25) is 0 Å². The predicted octanol–water partition coefficient (Wildman–Crippen LogP) is 4.35. The first-order valence-corrected chi connectivity index (χ1v) is 7.01. The molecule has 7 heteroatoms. The van der Waals surface area contributed by atoms with Gasteiger partial charge in [-0.1, -0.05) is 36.0 Å². The Morgan fingerprint density at radius 2 is 1.64 bits per heavy atom. The molecule has 0 atom stereocenters. The average molecular weight is 327 g/mol. The minimum Gasteiger partial charge on any atom is -0.496 e. The fourth-order valence-electron chi connectivity index (χ4n) is 1.67. The van der Waals surface area contributed by atoms with E-state index in [1.54, 1.807) is 42.5 Å². The van der Waals surface area contributed by atoms with Crippen molar-refractivity contribution < 1.29 is 22.7 Å². The first kappa shape index (κ1) is 16.2. The molecule has 0 aliphatic carbocycles. The monoisotopic (exact) mass is 327 g/mol. The number of hydrogen-bond donors (Lipinski definition) is 1. The third-order valence-corrected chi connectivity index (χ3v) is 3.81. The molecule has 0 fully saturated rings. The molecule has 0 saturated heterocycles. The summed E-state index contributed by atoms with van der Waals surface area (Å²) in [6.07, 6.45) is -4.93. The van der Waals surface area contributed by atoms with E-state index < -0.39 is 12.1 Å². The van der Waals surface area contributed by atoms with Crippen LogP contribution in [0.5, 0.6) is 5.75 Å². The Kier molecular flexibility index (Phi) is 4.97. The van der Waals surface area contributed by atoms with E-state index in [4.69, 9.17) is 4.74 Å². The van der Waals surface area contributed by atoms with Crippen molar-refractivity contribution in [2.45, 2.75) is 16.0 Å². The summed E-state index contributed by atoms with van der Waals surface area (Å²) in [4.78, 5) is 12.3. The van der Waals surface area contributed by atoms with Gasteiger partial charge in [0, 0.05) is 4.90 Å². The van der Waals surface area contributed by atoms with E-state index in [2.05, 4.69) is 0 Å². The lowest BCUT2D eigenvalue weighted by Gasteiger charge is -2.13. The van der Waals surface area contributed by atoms with Crippen molar-refractivity contribution in [3.63, 3.8) is 0 Å². The summed E-state index contributed by atoms with van der Waals surface area (Å²) in [6.45, 7) is 0. The summed E-state index contributed by atoms with van der Waals surface area (Å²) in [7, 11) is 1.51. The minimum absolute atomic E-state index is 0.0979. The summed E-state index contributed by atoms with van der Waals surface area (Å²) in [5, 5.41) is 1.88. The summed E-state index contributed by atoms with van der Waals surface area (Å²) in [5.41, 5.74) is 0.0979. The Labute approximate surface area is 129 Å². The highest BCUT2D eigenvalue weighted by molar-refractivity contribution is 7.99. The number of carbonyl (C=O) groups is 1. The van der Waals surface area contributed by atoms with E-state index in [9.17, 15) is 18.0 Å². The van der Waals surface area contributed by atoms with E-state index in [1.165, 1.54) is 24.9 Å². The number of para-hydroxylation sites is 2. The number of nitrogens with one attached hydrogen (secondary N) is 1. The Morgan fingerprint density at radius 1 is 1.05 bits per heavy atom. The average Bonchev–Trinajstić information content (AvgIpc) is 2.48. The molecule has 0 spiro atoms. The largest absolute Gasteiger partial charge is 0.496 e. The van der Waals surface area contributed by atoms with Gasteiger partial charge < -0.3 is 10.1 Å². The van der Waals surface area contributed by atoms with E-state index in [0.717, 1.165) is 4.90 Å². The van der Waals surface area contributed by atoms with Gasteiger partial charge in [-0.3, -0.25) is 4.79 Å². The molecule has 0 saturated carbocycles. The van der Waals surface area contributed by atoms with Crippen molar-refractivity contribution in [1.82, 2.24) is 0 Å². The molecule has 1 N–H and O–H groups in total. The molecule has 0 aliphatic heterocycles. The van der Waals surface area contributed by atoms with Crippen molar-refractivity contribution >= 4 is 23.4 Å². The highest BCUT2D eigenvalue weighted by atomic mass is 32.2. The molecular weight excluding hydrogens is 315 g/mol. The van der Waals surface area contributed by atoms with Gasteiger partial charge in [0.1, 0.15) is 5.75 Å². The SMILES string of the molecule is COc1ccccc1Sc1ccccc1NC(=O)C(F)(F)F. The number of carbonyl (C=O) groups excluding carboxylic acids is 1. The Hall–Kier alpha value is -2.15. The van der Waals surface area contributed by atoms with Crippen molar-refractivity contribution in [3.05, 3.63) is 48.5 Å². The lowest BCUT2D eigenvalue weighted by molar-refractivity contribution is -0.167.